The Morgan fingerprint density at radius 1 is 1.00 bits per heavy atom. The van der Waals surface area contributed by atoms with E-state index in [1.165, 1.54) is 5.39 Å². The van der Waals surface area contributed by atoms with E-state index in [0.29, 0.717) is 0 Å². The van der Waals surface area contributed by atoms with Gasteiger partial charge in [-0.2, -0.15) is 5.10 Å². The number of benzene rings is 2. The highest BCUT2D eigenvalue weighted by Crippen LogP contribution is 2.31. The van der Waals surface area contributed by atoms with Crippen molar-refractivity contribution < 1.29 is 0 Å². The van der Waals surface area contributed by atoms with Crippen molar-refractivity contribution in [2.24, 2.45) is 7.05 Å². The molecule has 0 fully saturated rings. The number of rotatable bonds is 1. The quantitative estimate of drug-likeness (QED) is 0.661. The monoisotopic (exact) mass is 286 g/mol. The van der Waals surface area contributed by atoms with Crippen LogP contribution in [0.25, 0.3) is 22.2 Å². The molecule has 1 heterocycles. The topological polar surface area (TPSA) is 17.8 Å². The minimum atomic E-state index is 1.03. The van der Waals surface area contributed by atoms with E-state index in [4.69, 9.17) is 0 Å². The number of fused-ring (bicyclic) bond motifs is 1. The van der Waals surface area contributed by atoms with Gasteiger partial charge in [0.15, 0.2) is 0 Å². The minimum absolute atomic E-state index is 1.03. The Hall–Kier alpha value is -1.61. The standard InChI is InChI=1S/C14H11BrN2/c1-17-14-11(8-5-9-12(14)15)13(16-17)10-6-3-2-4-7-10/h2-9H,1H3. The summed E-state index contributed by atoms with van der Waals surface area (Å²) in [6.45, 7) is 0. The molecule has 0 bridgehead atoms. The third-order valence-corrected chi connectivity index (χ3v) is 3.50. The van der Waals surface area contributed by atoms with Gasteiger partial charge in [-0.3, -0.25) is 4.68 Å². The molecule has 17 heavy (non-hydrogen) atoms. The number of aryl methyl sites for hydroxylation is 1. The largest absolute Gasteiger partial charge is 0.266 e. The maximum Gasteiger partial charge on any atom is 0.100 e. The number of halogens is 1. The Morgan fingerprint density at radius 3 is 2.53 bits per heavy atom. The maximum atomic E-state index is 4.61. The van der Waals surface area contributed by atoms with Gasteiger partial charge in [0.05, 0.1) is 5.52 Å². The SMILES string of the molecule is Cn1nc(-c2ccccc2)c2cccc(Br)c21. The number of para-hydroxylation sites is 1. The van der Waals surface area contributed by atoms with Crippen LogP contribution >= 0.6 is 15.9 Å². The fourth-order valence-corrected chi connectivity index (χ4v) is 2.72. The fraction of sp³-hybridized carbons (Fsp3) is 0.0714. The maximum absolute atomic E-state index is 4.61. The molecule has 0 N–H and O–H groups in total. The molecular weight excluding hydrogens is 276 g/mol. The van der Waals surface area contributed by atoms with Gasteiger partial charge >= 0.3 is 0 Å². The summed E-state index contributed by atoms with van der Waals surface area (Å²) in [5.41, 5.74) is 3.31. The molecule has 0 unspecified atom stereocenters. The number of hydrogen-bond donors (Lipinski definition) is 0. The van der Waals surface area contributed by atoms with Gasteiger partial charge in [-0.25, -0.2) is 0 Å². The van der Waals surface area contributed by atoms with Crippen molar-refractivity contribution in [2.75, 3.05) is 0 Å². The molecule has 3 rings (SSSR count). The molecule has 2 nitrogen and oxygen atoms in total. The molecule has 3 heteroatoms. The molecule has 0 atom stereocenters. The number of nitrogens with zero attached hydrogens (tertiary/aromatic N) is 2. The van der Waals surface area contributed by atoms with Crippen LogP contribution in [0.15, 0.2) is 53.0 Å². The highest BCUT2D eigenvalue weighted by molar-refractivity contribution is 9.10. The zero-order valence-corrected chi connectivity index (χ0v) is 11.0. The smallest absolute Gasteiger partial charge is 0.100 e. The van der Waals surface area contributed by atoms with E-state index in [9.17, 15) is 0 Å². The van der Waals surface area contributed by atoms with Crippen LogP contribution < -0.4 is 0 Å². The minimum Gasteiger partial charge on any atom is -0.266 e. The van der Waals surface area contributed by atoms with Gasteiger partial charge in [-0.15, -0.1) is 0 Å². The average molecular weight is 287 g/mol. The lowest BCUT2D eigenvalue weighted by molar-refractivity contribution is 0.799. The summed E-state index contributed by atoms with van der Waals surface area (Å²) in [5.74, 6) is 0. The van der Waals surface area contributed by atoms with Crippen LogP contribution in [0.1, 0.15) is 0 Å². The van der Waals surface area contributed by atoms with Crippen molar-refractivity contribution in [2.45, 2.75) is 0 Å². The Labute approximate surface area is 108 Å². The second-order valence-electron chi connectivity index (χ2n) is 3.97. The molecule has 0 spiro atoms. The van der Waals surface area contributed by atoms with E-state index in [1.54, 1.807) is 0 Å². The van der Waals surface area contributed by atoms with E-state index in [2.05, 4.69) is 39.2 Å². The van der Waals surface area contributed by atoms with Crippen LogP contribution in [0, 0.1) is 0 Å². The number of hydrogen-bond acceptors (Lipinski definition) is 1. The fourth-order valence-electron chi connectivity index (χ4n) is 2.10. The first-order valence-electron chi connectivity index (χ1n) is 5.44. The zero-order valence-electron chi connectivity index (χ0n) is 9.39. The highest BCUT2D eigenvalue weighted by Gasteiger charge is 2.11. The molecule has 0 aliphatic carbocycles. The molecule has 1 aromatic heterocycles. The van der Waals surface area contributed by atoms with Crippen molar-refractivity contribution in [3.05, 3.63) is 53.0 Å². The highest BCUT2D eigenvalue weighted by atomic mass is 79.9. The second-order valence-corrected chi connectivity index (χ2v) is 4.83. The molecule has 0 aliphatic rings. The molecule has 0 amide bonds. The summed E-state index contributed by atoms with van der Waals surface area (Å²) >= 11 is 3.57. The Balaban J connectivity index is 2.36. The lowest BCUT2D eigenvalue weighted by Gasteiger charge is -1.97. The van der Waals surface area contributed by atoms with Gasteiger partial charge in [0.25, 0.3) is 0 Å². The Morgan fingerprint density at radius 2 is 1.76 bits per heavy atom. The molecule has 0 saturated heterocycles. The summed E-state index contributed by atoms with van der Waals surface area (Å²) in [4.78, 5) is 0. The van der Waals surface area contributed by atoms with Crippen molar-refractivity contribution in [1.29, 1.82) is 0 Å². The van der Waals surface area contributed by atoms with Crippen molar-refractivity contribution in [1.82, 2.24) is 9.78 Å². The second kappa shape index (κ2) is 4.00. The molecule has 0 aliphatic heterocycles. The van der Waals surface area contributed by atoms with Crippen molar-refractivity contribution in [3.63, 3.8) is 0 Å². The molecule has 0 radical (unpaired) electrons. The van der Waals surface area contributed by atoms with Gasteiger partial charge in [0.2, 0.25) is 0 Å². The summed E-state index contributed by atoms with van der Waals surface area (Å²) in [6.07, 6.45) is 0. The van der Waals surface area contributed by atoms with Crippen LogP contribution in [0.3, 0.4) is 0 Å². The summed E-state index contributed by atoms with van der Waals surface area (Å²) in [5, 5.41) is 5.78. The molecule has 84 valence electrons. The number of aromatic nitrogens is 2. The van der Waals surface area contributed by atoms with Gasteiger partial charge in [0.1, 0.15) is 5.69 Å². The van der Waals surface area contributed by atoms with Crippen LogP contribution in [0.5, 0.6) is 0 Å². The van der Waals surface area contributed by atoms with Crippen LogP contribution in [-0.4, -0.2) is 9.78 Å². The Bertz CT molecular complexity index is 671. The van der Waals surface area contributed by atoms with E-state index in [0.717, 1.165) is 21.2 Å². The molecule has 2 aromatic carbocycles. The molecule has 3 aromatic rings. The summed E-state index contributed by atoms with van der Waals surface area (Å²) < 4.78 is 2.99. The first-order chi connectivity index (χ1) is 8.27. The first-order valence-corrected chi connectivity index (χ1v) is 6.23. The van der Waals surface area contributed by atoms with E-state index in [1.807, 2.05) is 42.1 Å². The normalized spacial score (nSPS) is 10.9. The lowest BCUT2D eigenvalue weighted by Crippen LogP contribution is -1.90. The van der Waals surface area contributed by atoms with Crippen LogP contribution in [0.4, 0.5) is 0 Å². The molecular formula is C14H11BrN2. The summed E-state index contributed by atoms with van der Waals surface area (Å²) in [7, 11) is 1.97. The predicted molar refractivity (Wildman–Crippen MR) is 73.9 cm³/mol. The van der Waals surface area contributed by atoms with Gasteiger partial charge in [-0.1, -0.05) is 42.5 Å². The average Bonchev–Trinajstić information content (AvgIpc) is 2.69. The lowest BCUT2D eigenvalue weighted by atomic mass is 10.1. The third-order valence-electron chi connectivity index (χ3n) is 2.86. The zero-order chi connectivity index (χ0) is 11.8. The van der Waals surface area contributed by atoms with Crippen LogP contribution in [-0.2, 0) is 7.05 Å². The van der Waals surface area contributed by atoms with Crippen LogP contribution in [0.2, 0.25) is 0 Å². The third kappa shape index (κ3) is 1.67. The van der Waals surface area contributed by atoms with Crippen molar-refractivity contribution >= 4 is 26.8 Å². The summed E-state index contributed by atoms with van der Waals surface area (Å²) in [6, 6.07) is 16.5. The van der Waals surface area contributed by atoms with E-state index >= 15 is 0 Å². The Kier molecular flexibility index (Phi) is 2.48. The molecule has 0 saturated carbocycles. The van der Waals surface area contributed by atoms with Gasteiger partial charge in [-0.05, 0) is 22.0 Å². The van der Waals surface area contributed by atoms with Gasteiger partial charge in [0, 0.05) is 22.5 Å². The first kappa shape index (κ1) is 10.5. The van der Waals surface area contributed by atoms with Crippen molar-refractivity contribution in [3.8, 4) is 11.3 Å². The predicted octanol–water partition coefficient (Wildman–Crippen LogP) is 4.00. The van der Waals surface area contributed by atoms with E-state index in [-0.39, 0.29) is 0 Å². The van der Waals surface area contributed by atoms with Gasteiger partial charge < -0.3 is 0 Å². The van der Waals surface area contributed by atoms with E-state index < -0.39 is 0 Å².